The summed E-state index contributed by atoms with van der Waals surface area (Å²) in [4.78, 5) is 40.3. The quantitative estimate of drug-likeness (QED) is 0.628. The van der Waals surface area contributed by atoms with Crippen molar-refractivity contribution in [2.45, 2.75) is 37.5 Å². The number of halogens is 1. The van der Waals surface area contributed by atoms with Gasteiger partial charge in [-0.2, -0.15) is 0 Å². The molecule has 10 heteroatoms. The lowest BCUT2D eigenvalue weighted by atomic mass is 9.96. The Hall–Kier alpha value is -1.81. The molecule has 3 rings (SSSR count). The monoisotopic (exact) mass is 439 g/mol. The molecule has 1 aromatic carbocycles. The Morgan fingerprint density at radius 2 is 1.90 bits per heavy atom. The van der Waals surface area contributed by atoms with Gasteiger partial charge in [0.05, 0.1) is 29.4 Å². The molecule has 29 heavy (non-hydrogen) atoms. The Kier molecular flexibility index (Phi) is 7.05. The van der Waals surface area contributed by atoms with Crippen molar-refractivity contribution in [3.05, 3.63) is 29.3 Å². The number of hydrogen-bond acceptors (Lipinski definition) is 6. The van der Waals surface area contributed by atoms with Crippen LogP contribution >= 0.6 is 23.4 Å². The Balaban J connectivity index is 1.69. The van der Waals surface area contributed by atoms with Gasteiger partial charge in [0.1, 0.15) is 0 Å². The van der Waals surface area contributed by atoms with Gasteiger partial charge in [-0.05, 0) is 30.7 Å². The molecule has 0 bridgehead atoms. The molecule has 8 nitrogen and oxygen atoms in total. The summed E-state index contributed by atoms with van der Waals surface area (Å²) in [6.45, 7) is 2.08. The van der Waals surface area contributed by atoms with Crippen LogP contribution in [-0.2, 0) is 9.59 Å². The number of thioether (sulfide) groups is 1. The van der Waals surface area contributed by atoms with Crippen LogP contribution in [0.25, 0.3) is 0 Å². The summed E-state index contributed by atoms with van der Waals surface area (Å²) in [6, 6.07) is 6.57. The van der Waals surface area contributed by atoms with E-state index in [0.717, 1.165) is 17.7 Å². The van der Waals surface area contributed by atoms with E-state index in [4.69, 9.17) is 11.6 Å². The van der Waals surface area contributed by atoms with Crippen LogP contribution in [0.2, 0.25) is 5.02 Å². The Labute approximate surface area is 179 Å². The fraction of sp³-hybridized carbons (Fsp3) is 0.526. The van der Waals surface area contributed by atoms with Gasteiger partial charge in [-0.15, -0.1) is 11.8 Å². The van der Waals surface area contributed by atoms with E-state index in [9.17, 15) is 14.4 Å². The van der Waals surface area contributed by atoms with Gasteiger partial charge in [0.25, 0.3) is 0 Å². The lowest BCUT2D eigenvalue weighted by Gasteiger charge is -2.50. The third-order valence-corrected chi connectivity index (χ3v) is 6.59. The third kappa shape index (κ3) is 4.85. The van der Waals surface area contributed by atoms with Crippen LogP contribution in [0.3, 0.4) is 0 Å². The maximum Gasteiger partial charge on any atom is 0.327 e. The first kappa shape index (κ1) is 21.9. The average Bonchev–Trinajstić information content (AvgIpc) is 2.70. The van der Waals surface area contributed by atoms with Gasteiger partial charge in [-0.1, -0.05) is 24.9 Å². The van der Waals surface area contributed by atoms with Crippen LogP contribution in [0.1, 0.15) is 19.8 Å². The number of amides is 4. The zero-order valence-electron chi connectivity index (χ0n) is 16.6. The second-order valence-corrected chi connectivity index (χ2v) is 8.79. The molecule has 0 spiro atoms. The van der Waals surface area contributed by atoms with Gasteiger partial charge in [0.15, 0.2) is 0 Å². The van der Waals surface area contributed by atoms with E-state index in [1.165, 1.54) is 18.8 Å². The molecule has 3 N–H and O–H groups in total. The number of carbonyl (C=O) groups is 3. The molecule has 0 radical (unpaired) electrons. The standard InChI is InChI=1S/C19H26ClN5O3S/c1-4-5-13-22-16-15(18(27)25(3)19(28)24(16)2)17(23-13)29-10-14(26)21-12-8-6-11(20)7-9-12/h6-9,13,15-17,22-23H,4-5,10H2,1-3H3,(H,21,26). The molecular formula is C19H26ClN5O3S. The van der Waals surface area contributed by atoms with E-state index in [0.29, 0.717) is 10.7 Å². The highest BCUT2D eigenvalue weighted by atomic mass is 35.5. The number of carbonyl (C=O) groups excluding carboxylic acids is 3. The molecule has 0 aliphatic carbocycles. The number of rotatable bonds is 6. The summed E-state index contributed by atoms with van der Waals surface area (Å²) in [5.74, 6) is -0.716. The molecule has 1 aromatic rings. The van der Waals surface area contributed by atoms with Gasteiger partial charge in [0.2, 0.25) is 11.8 Å². The number of fused-ring (bicyclic) bond motifs is 1. The van der Waals surface area contributed by atoms with Crippen LogP contribution in [0.15, 0.2) is 24.3 Å². The number of nitrogens with one attached hydrogen (secondary N) is 3. The van der Waals surface area contributed by atoms with E-state index in [1.54, 1.807) is 36.2 Å². The predicted molar refractivity (Wildman–Crippen MR) is 115 cm³/mol. The normalized spacial score (nSPS) is 27.0. The molecule has 4 atom stereocenters. The second-order valence-electron chi connectivity index (χ2n) is 7.22. The minimum Gasteiger partial charge on any atom is -0.325 e. The second kappa shape index (κ2) is 9.34. The zero-order valence-corrected chi connectivity index (χ0v) is 18.2. The van der Waals surface area contributed by atoms with Gasteiger partial charge >= 0.3 is 6.03 Å². The summed E-state index contributed by atoms with van der Waals surface area (Å²) >= 11 is 7.25. The number of hydrogen-bond donors (Lipinski definition) is 3. The molecule has 4 amide bonds. The van der Waals surface area contributed by atoms with E-state index < -0.39 is 12.1 Å². The first-order valence-corrected chi connectivity index (χ1v) is 11.0. The number of benzene rings is 1. The molecule has 0 aromatic heterocycles. The SMILES string of the molecule is CCCC1NC(SCC(=O)Nc2ccc(Cl)cc2)C2C(=O)N(C)C(=O)N(C)C2N1. The van der Waals surface area contributed by atoms with Gasteiger partial charge in [-0.3, -0.25) is 25.1 Å². The molecule has 0 saturated carbocycles. The van der Waals surface area contributed by atoms with Crippen LogP contribution in [0.4, 0.5) is 10.5 Å². The van der Waals surface area contributed by atoms with E-state index in [1.807, 2.05) is 0 Å². The minimum atomic E-state index is -0.482. The molecule has 2 aliphatic rings. The first-order valence-electron chi connectivity index (χ1n) is 9.55. The van der Waals surface area contributed by atoms with Crippen molar-refractivity contribution in [2.24, 2.45) is 5.92 Å². The van der Waals surface area contributed by atoms with Crippen molar-refractivity contribution in [3.63, 3.8) is 0 Å². The maximum atomic E-state index is 12.8. The van der Waals surface area contributed by atoms with Crippen molar-refractivity contribution < 1.29 is 14.4 Å². The Morgan fingerprint density at radius 3 is 2.55 bits per heavy atom. The van der Waals surface area contributed by atoms with Crippen LogP contribution in [0.5, 0.6) is 0 Å². The van der Waals surface area contributed by atoms with E-state index >= 15 is 0 Å². The van der Waals surface area contributed by atoms with E-state index in [-0.39, 0.29) is 35.1 Å². The van der Waals surface area contributed by atoms with Gasteiger partial charge in [-0.25, -0.2) is 4.79 Å². The van der Waals surface area contributed by atoms with Crippen molar-refractivity contribution >= 4 is 46.9 Å². The van der Waals surface area contributed by atoms with Crippen LogP contribution in [-0.4, -0.2) is 65.2 Å². The summed E-state index contributed by atoms with van der Waals surface area (Å²) < 4.78 is 0. The summed E-state index contributed by atoms with van der Waals surface area (Å²) in [5.41, 5.74) is 0.666. The van der Waals surface area contributed by atoms with Crippen molar-refractivity contribution in [1.82, 2.24) is 20.4 Å². The highest BCUT2D eigenvalue weighted by Crippen LogP contribution is 2.32. The number of urea groups is 1. The van der Waals surface area contributed by atoms with Crippen molar-refractivity contribution in [2.75, 3.05) is 25.2 Å². The molecule has 2 saturated heterocycles. The Morgan fingerprint density at radius 1 is 1.21 bits per heavy atom. The average molecular weight is 440 g/mol. The molecule has 158 valence electrons. The van der Waals surface area contributed by atoms with Crippen LogP contribution < -0.4 is 16.0 Å². The lowest BCUT2D eigenvalue weighted by molar-refractivity contribution is -0.140. The Bertz CT molecular complexity index is 778. The summed E-state index contributed by atoms with van der Waals surface area (Å²) in [5, 5.41) is 9.94. The van der Waals surface area contributed by atoms with Crippen molar-refractivity contribution in [1.29, 1.82) is 0 Å². The van der Waals surface area contributed by atoms with Crippen LogP contribution in [0, 0.1) is 5.92 Å². The first-order chi connectivity index (χ1) is 13.8. The van der Waals surface area contributed by atoms with Gasteiger partial charge < -0.3 is 10.2 Å². The fourth-order valence-electron chi connectivity index (χ4n) is 3.62. The molecule has 4 unspecified atom stereocenters. The molecule has 2 heterocycles. The number of nitrogens with zero attached hydrogens (tertiary/aromatic N) is 2. The smallest absolute Gasteiger partial charge is 0.325 e. The summed E-state index contributed by atoms with van der Waals surface area (Å²) in [7, 11) is 3.18. The molecule has 2 fully saturated rings. The highest BCUT2D eigenvalue weighted by Gasteiger charge is 2.50. The predicted octanol–water partition coefficient (Wildman–Crippen LogP) is 2.12. The van der Waals surface area contributed by atoms with Gasteiger partial charge in [0, 0.05) is 24.8 Å². The lowest BCUT2D eigenvalue weighted by Crippen LogP contribution is -2.74. The maximum absolute atomic E-state index is 12.8. The minimum absolute atomic E-state index is 0.0375. The zero-order chi connectivity index (χ0) is 21.1. The van der Waals surface area contributed by atoms with E-state index in [2.05, 4.69) is 22.9 Å². The third-order valence-electron chi connectivity index (χ3n) is 5.12. The summed E-state index contributed by atoms with van der Waals surface area (Å²) in [6.07, 6.45) is 1.36. The molecule has 2 aliphatic heterocycles. The highest BCUT2D eigenvalue weighted by molar-refractivity contribution is 8.00. The fourth-order valence-corrected chi connectivity index (χ4v) is 4.88. The largest absolute Gasteiger partial charge is 0.327 e. The van der Waals surface area contributed by atoms with Crippen molar-refractivity contribution in [3.8, 4) is 0 Å². The molecular weight excluding hydrogens is 414 g/mol. The number of anilines is 1. The number of imide groups is 1. The topological polar surface area (TPSA) is 93.8 Å².